The second kappa shape index (κ2) is 13.1. The van der Waals surface area contributed by atoms with E-state index in [4.69, 9.17) is 11.6 Å². The van der Waals surface area contributed by atoms with Gasteiger partial charge in [-0.15, -0.1) is 0 Å². The Hall–Kier alpha value is -2.41. The number of hydrogen-bond donors (Lipinski definition) is 0. The molecule has 0 radical (unpaired) electrons. The molecule has 0 aliphatic carbocycles. The first-order valence-corrected chi connectivity index (χ1v) is 12.6. The highest BCUT2D eigenvalue weighted by atomic mass is 79.9. The second-order valence-electron chi connectivity index (χ2n) is 9.09. The molecule has 2 rings (SSSR count). The number of Topliss-reactive ketones (excluding diaryl/α,β-unsaturated/α-hetero) is 2. The van der Waals surface area contributed by atoms with Crippen molar-refractivity contribution in [2.24, 2.45) is 5.92 Å². The van der Waals surface area contributed by atoms with Gasteiger partial charge in [-0.1, -0.05) is 46.6 Å². The molecular formula is C26H20BrClF10O2. The van der Waals surface area contributed by atoms with Crippen LogP contribution < -0.4 is 0 Å². The van der Waals surface area contributed by atoms with Crippen molar-refractivity contribution >= 4 is 44.9 Å². The molecule has 0 aliphatic rings. The van der Waals surface area contributed by atoms with Crippen molar-refractivity contribution in [3.63, 3.8) is 0 Å². The predicted octanol–water partition coefficient (Wildman–Crippen LogP) is 10.3. The lowest BCUT2D eigenvalue weighted by atomic mass is 9.91. The monoisotopic (exact) mass is 668 g/mol. The standard InChI is InChI=1S/C26H20BrClF10O2/c1-13(6-18(39)4-5-24(30,31)32)7-23(40)19-3-2-14(10-21(19)26(36,37)38)22(29)12-20(25(33,34)35)15-8-16(27)11-17(28)9-15/h2-3,8-13,20H,4-7H2,1H3/b22-12-/t13-,20?/m1/s1. The van der Waals surface area contributed by atoms with Crippen LogP contribution in [0.1, 0.15) is 65.6 Å². The smallest absolute Gasteiger partial charge is 0.300 e. The van der Waals surface area contributed by atoms with Crippen LogP contribution in [0.15, 0.2) is 46.9 Å². The van der Waals surface area contributed by atoms with Crippen LogP contribution in [0.25, 0.3) is 5.83 Å². The van der Waals surface area contributed by atoms with Crippen LogP contribution in [0.4, 0.5) is 43.9 Å². The molecule has 0 aromatic heterocycles. The van der Waals surface area contributed by atoms with Gasteiger partial charge in [-0.05, 0) is 41.8 Å². The molecule has 40 heavy (non-hydrogen) atoms. The van der Waals surface area contributed by atoms with E-state index in [1.807, 2.05) is 0 Å². The summed E-state index contributed by atoms with van der Waals surface area (Å²) in [4.78, 5) is 24.3. The summed E-state index contributed by atoms with van der Waals surface area (Å²) >= 11 is 8.75. The normalized spacial score (nSPS) is 14.7. The summed E-state index contributed by atoms with van der Waals surface area (Å²) in [6.45, 7) is 1.29. The van der Waals surface area contributed by atoms with Gasteiger partial charge in [-0.2, -0.15) is 39.5 Å². The minimum atomic E-state index is -5.21. The van der Waals surface area contributed by atoms with Gasteiger partial charge in [0, 0.05) is 39.9 Å². The molecule has 1 unspecified atom stereocenters. The van der Waals surface area contributed by atoms with E-state index in [1.165, 1.54) is 13.0 Å². The molecule has 2 aromatic rings. The lowest BCUT2D eigenvalue weighted by Crippen LogP contribution is -2.19. The van der Waals surface area contributed by atoms with Crippen LogP contribution in [0, 0.1) is 5.92 Å². The van der Waals surface area contributed by atoms with E-state index in [-0.39, 0.29) is 21.6 Å². The fourth-order valence-electron chi connectivity index (χ4n) is 3.82. The first-order valence-electron chi connectivity index (χ1n) is 11.4. The molecule has 220 valence electrons. The van der Waals surface area contributed by atoms with E-state index in [0.29, 0.717) is 12.1 Å². The SMILES string of the molecule is C[C@H](CC(=O)CCC(F)(F)F)CC(=O)c1ccc(/C(F)=C/C(c2cc(Cl)cc(Br)c2)C(F)(F)F)cc1C(F)(F)F. The van der Waals surface area contributed by atoms with Crippen molar-refractivity contribution in [2.75, 3.05) is 0 Å². The van der Waals surface area contributed by atoms with E-state index < -0.39 is 95.7 Å². The van der Waals surface area contributed by atoms with Crippen LogP contribution in [-0.4, -0.2) is 23.9 Å². The molecule has 0 fully saturated rings. The first-order chi connectivity index (χ1) is 18.2. The highest BCUT2D eigenvalue weighted by molar-refractivity contribution is 9.10. The van der Waals surface area contributed by atoms with Crippen molar-refractivity contribution in [3.05, 3.63) is 74.2 Å². The average molecular weight is 670 g/mol. The van der Waals surface area contributed by atoms with E-state index in [1.54, 1.807) is 0 Å². The maximum atomic E-state index is 15.0. The predicted molar refractivity (Wildman–Crippen MR) is 132 cm³/mol. The number of rotatable bonds is 10. The van der Waals surface area contributed by atoms with E-state index in [2.05, 4.69) is 15.9 Å². The Morgan fingerprint density at radius 3 is 2.10 bits per heavy atom. The second-order valence-corrected chi connectivity index (χ2v) is 10.4. The Morgan fingerprint density at radius 1 is 0.950 bits per heavy atom. The zero-order chi connectivity index (χ0) is 30.6. The molecule has 0 spiro atoms. The van der Waals surface area contributed by atoms with Gasteiger partial charge in [0.2, 0.25) is 0 Å². The van der Waals surface area contributed by atoms with Crippen LogP contribution in [0.5, 0.6) is 0 Å². The van der Waals surface area contributed by atoms with Gasteiger partial charge in [0.05, 0.1) is 12.0 Å². The summed E-state index contributed by atoms with van der Waals surface area (Å²) in [7, 11) is 0. The Labute approximate surface area is 235 Å². The topological polar surface area (TPSA) is 34.1 Å². The highest BCUT2D eigenvalue weighted by Gasteiger charge is 2.41. The number of allylic oxidation sites excluding steroid dienone is 1. The third-order valence-corrected chi connectivity index (χ3v) is 6.28. The number of carbonyl (C=O) groups excluding carboxylic acids is 2. The maximum Gasteiger partial charge on any atom is 0.417 e. The number of carbonyl (C=O) groups is 2. The summed E-state index contributed by atoms with van der Waals surface area (Å²) in [6.07, 6.45) is -18.1. The van der Waals surface area contributed by atoms with Crippen molar-refractivity contribution in [1.82, 2.24) is 0 Å². The van der Waals surface area contributed by atoms with Crippen molar-refractivity contribution in [1.29, 1.82) is 0 Å². The van der Waals surface area contributed by atoms with Crippen molar-refractivity contribution < 1.29 is 53.5 Å². The van der Waals surface area contributed by atoms with Gasteiger partial charge in [-0.25, -0.2) is 4.39 Å². The third kappa shape index (κ3) is 10.2. The molecule has 0 aliphatic heterocycles. The van der Waals surface area contributed by atoms with Crippen LogP contribution >= 0.6 is 27.5 Å². The summed E-state index contributed by atoms with van der Waals surface area (Å²) in [5.41, 5.74) is -3.91. The Morgan fingerprint density at radius 2 is 1.57 bits per heavy atom. The quantitative estimate of drug-likeness (QED) is 0.186. The van der Waals surface area contributed by atoms with Gasteiger partial charge in [0.15, 0.2) is 5.78 Å². The molecule has 0 amide bonds. The van der Waals surface area contributed by atoms with Gasteiger partial charge >= 0.3 is 18.5 Å². The Kier molecular flexibility index (Phi) is 11.0. The minimum Gasteiger partial charge on any atom is -0.300 e. The lowest BCUT2D eigenvalue weighted by molar-refractivity contribution is -0.143. The minimum absolute atomic E-state index is 0.0870. The van der Waals surface area contributed by atoms with Gasteiger partial charge in [-0.3, -0.25) is 9.59 Å². The van der Waals surface area contributed by atoms with Gasteiger partial charge in [0.25, 0.3) is 0 Å². The number of benzene rings is 2. The number of hydrogen-bond acceptors (Lipinski definition) is 2. The van der Waals surface area contributed by atoms with Crippen LogP contribution in [0.2, 0.25) is 5.02 Å². The molecule has 0 heterocycles. The number of alkyl halides is 9. The molecule has 0 saturated carbocycles. The van der Waals surface area contributed by atoms with Crippen LogP contribution in [-0.2, 0) is 11.0 Å². The van der Waals surface area contributed by atoms with Gasteiger partial charge in [0.1, 0.15) is 17.5 Å². The molecule has 14 heteroatoms. The Bertz CT molecular complexity index is 1250. The summed E-state index contributed by atoms with van der Waals surface area (Å²) in [5.74, 6) is -7.09. The molecule has 0 saturated heterocycles. The van der Waals surface area contributed by atoms with E-state index in [0.717, 1.165) is 12.1 Å². The summed E-state index contributed by atoms with van der Waals surface area (Å²) in [6, 6.07) is 4.72. The Balaban J connectivity index is 2.36. The molecule has 0 N–H and O–H groups in total. The zero-order valence-corrected chi connectivity index (χ0v) is 22.7. The summed E-state index contributed by atoms with van der Waals surface area (Å²) < 4.78 is 134. The largest absolute Gasteiger partial charge is 0.417 e. The third-order valence-electron chi connectivity index (χ3n) is 5.61. The van der Waals surface area contributed by atoms with Crippen molar-refractivity contribution in [3.8, 4) is 0 Å². The molecule has 2 nitrogen and oxygen atoms in total. The lowest BCUT2D eigenvalue weighted by Gasteiger charge is -2.19. The van der Waals surface area contributed by atoms with Crippen molar-refractivity contribution in [2.45, 2.75) is 57.1 Å². The maximum absolute atomic E-state index is 15.0. The first kappa shape index (κ1) is 33.8. The molecule has 2 atom stereocenters. The number of halogens is 12. The highest BCUT2D eigenvalue weighted by Crippen LogP contribution is 2.41. The molecular weight excluding hydrogens is 650 g/mol. The van der Waals surface area contributed by atoms with Crippen LogP contribution in [0.3, 0.4) is 0 Å². The fraction of sp³-hybridized carbons (Fsp3) is 0.385. The van der Waals surface area contributed by atoms with Gasteiger partial charge < -0.3 is 0 Å². The zero-order valence-electron chi connectivity index (χ0n) is 20.4. The number of ketones is 2. The fourth-order valence-corrected chi connectivity index (χ4v) is 4.70. The molecule has 0 bridgehead atoms. The average Bonchev–Trinajstić information content (AvgIpc) is 2.78. The van der Waals surface area contributed by atoms with E-state index in [9.17, 15) is 53.5 Å². The van der Waals surface area contributed by atoms with E-state index >= 15 is 0 Å². The summed E-state index contributed by atoms with van der Waals surface area (Å²) in [5, 5.41) is -0.106. The molecule has 2 aromatic carbocycles.